The minimum Gasteiger partial charge on any atom is -0.478 e. The van der Waals surface area contributed by atoms with Gasteiger partial charge >= 0.3 is 5.97 Å². The molecule has 0 amide bonds. The second kappa shape index (κ2) is 10.5. The summed E-state index contributed by atoms with van der Waals surface area (Å²) in [5.41, 5.74) is 5.45. The van der Waals surface area contributed by atoms with Crippen molar-refractivity contribution in [3.63, 3.8) is 0 Å². The third-order valence-corrected chi connectivity index (χ3v) is 7.53. The summed E-state index contributed by atoms with van der Waals surface area (Å²) in [6, 6.07) is 20.8. The molecule has 2 aromatic heterocycles. The number of hydrogen-bond donors (Lipinski definition) is 2. The van der Waals surface area contributed by atoms with E-state index in [1.807, 2.05) is 84.8 Å². The highest BCUT2D eigenvalue weighted by atomic mass is 35.5. The zero-order chi connectivity index (χ0) is 26.9. The van der Waals surface area contributed by atoms with Crippen molar-refractivity contribution < 1.29 is 14.6 Å². The Balaban J connectivity index is 1.16. The molecule has 0 atom stereocenters. The SMILES string of the molecule is Cn1ncc(-c2ccc(Cl)cc2)c1CN1CCN(c2ccc(C(=O)O)c(Oc3ccc4[nH]ccc4c3)c2)CC1. The summed E-state index contributed by atoms with van der Waals surface area (Å²) < 4.78 is 8.04. The topological polar surface area (TPSA) is 86.6 Å². The maximum absolute atomic E-state index is 11.9. The smallest absolute Gasteiger partial charge is 0.339 e. The van der Waals surface area contributed by atoms with Gasteiger partial charge in [0, 0.05) is 79.2 Å². The van der Waals surface area contributed by atoms with Crippen molar-refractivity contribution in [3.8, 4) is 22.6 Å². The summed E-state index contributed by atoms with van der Waals surface area (Å²) in [5.74, 6) is -0.0872. The zero-order valence-corrected chi connectivity index (χ0v) is 22.2. The largest absolute Gasteiger partial charge is 0.478 e. The average Bonchev–Trinajstić information content (AvgIpc) is 3.55. The van der Waals surface area contributed by atoms with Crippen LogP contribution < -0.4 is 9.64 Å². The second-order valence-corrected chi connectivity index (χ2v) is 10.1. The molecular weight excluding hydrogens is 514 g/mol. The van der Waals surface area contributed by atoms with Crippen molar-refractivity contribution in [2.24, 2.45) is 7.05 Å². The number of fused-ring (bicyclic) bond motifs is 1. The Morgan fingerprint density at radius 1 is 1.03 bits per heavy atom. The normalized spacial score (nSPS) is 14.2. The molecule has 1 saturated heterocycles. The predicted molar refractivity (Wildman–Crippen MR) is 153 cm³/mol. The van der Waals surface area contributed by atoms with E-state index >= 15 is 0 Å². The molecule has 1 aliphatic heterocycles. The first-order chi connectivity index (χ1) is 18.9. The first-order valence-electron chi connectivity index (χ1n) is 12.8. The van der Waals surface area contributed by atoms with Crippen LogP contribution in [0.2, 0.25) is 5.02 Å². The standard InChI is InChI=1S/C30H28ClN5O3/c1-34-28(26(18-33-34)20-2-4-22(31)5-3-20)19-35-12-14-36(15-13-35)23-6-8-25(30(37)38)29(17-23)39-24-7-9-27-21(16-24)10-11-32-27/h2-11,16-18,32H,12-15,19H2,1H3,(H,37,38). The zero-order valence-electron chi connectivity index (χ0n) is 21.5. The van der Waals surface area contributed by atoms with E-state index in [1.165, 1.54) is 0 Å². The minimum absolute atomic E-state index is 0.137. The van der Waals surface area contributed by atoms with E-state index < -0.39 is 5.97 Å². The Morgan fingerprint density at radius 2 is 1.82 bits per heavy atom. The number of aromatic carboxylic acids is 1. The summed E-state index contributed by atoms with van der Waals surface area (Å²) in [5, 5.41) is 16.0. The average molecular weight is 542 g/mol. The molecule has 198 valence electrons. The number of piperazine rings is 1. The Hall–Kier alpha value is -4.27. The van der Waals surface area contributed by atoms with Crippen LogP contribution in [0.4, 0.5) is 5.69 Å². The number of H-pyrrole nitrogens is 1. The number of anilines is 1. The lowest BCUT2D eigenvalue weighted by Crippen LogP contribution is -2.46. The van der Waals surface area contributed by atoms with Gasteiger partial charge in [-0.25, -0.2) is 4.79 Å². The monoisotopic (exact) mass is 541 g/mol. The van der Waals surface area contributed by atoms with Crippen molar-refractivity contribution in [2.75, 3.05) is 31.1 Å². The third kappa shape index (κ3) is 5.21. The fraction of sp³-hybridized carbons (Fsp3) is 0.200. The number of hydrogen-bond acceptors (Lipinski definition) is 5. The summed E-state index contributed by atoms with van der Waals surface area (Å²) in [7, 11) is 1.98. The number of nitrogens with one attached hydrogen (secondary N) is 1. The minimum atomic E-state index is -1.02. The number of carbonyl (C=O) groups is 1. The highest BCUT2D eigenvalue weighted by molar-refractivity contribution is 6.30. The maximum atomic E-state index is 11.9. The fourth-order valence-corrected chi connectivity index (χ4v) is 5.21. The molecule has 0 saturated carbocycles. The van der Waals surface area contributed by atoms with E-state index in [0.717, 1.165) is 66.1 Å². The molecule has 3 heterocycles. The number of benzene rings is 3. The molecule has 1 aliphatic rings. The number of aryl methyl sites for hydroxylation is 1. The third-order valence-electron chi connectivity index (χ3n) is 7.28. The van der Waals surface area contributed by atoms with Crippen LogP contribution in [0.15, 0.2) is 79.1 Å². The number of aromatic amines is 1. The molecular formula is C30H28ClN5O3. The lowest BCUT2D eigenvalue weighted by Gasteiger charge is -2.36. The van der Waals surface area contributed by atoms with Gasteiger partial charge in [-0.1, -0.05) is 23.7 Å². The number of halogens is 1. The second-order valence-electron chi connectivity index (χ2n) is 9.71. The van der Waals surface area contributed by atoms with Crippen molar-refractivity contribution in [1.82, 2.24) is 19.7 Å². The van der Waals surface area contributed by atoms with Crippen LogP contribution in [-0.4, -0.2) is 56.9 Å². The van der Waals surface area contributed by atoms with Gasteiger partial charge in [-0.15, -0.1) is 0 Å². The molecule has 0 bridgehead atoms. The molecule has 9 heteroatoms. The lowest BCUT2D eigenvalue weighted by molar-refractivity contribution is 0.0694. The van der Waals surface area contributed by atoms with Crippen LogP contribution in [0.3, 0.4) is 0 Å². The van der Waals surface area contributed by atoms with E-state index in [9.17, 15) is 9.90 Å². The van der Waals surface area contributed by atoms with E-state index in [1.54, 1.807) is 6.07 Å². The lowest BCUT2D eigenvalue weighted by atomic mass is 10.1. The van der Waals surface area contributed by atoms with Gasteiger partial charge in [0.05, 0.1) is 11.9 Å². The maximum Gasteiger partial charge on any atom is 0.339 e. The first-order valence-corrected chi connectivity index (χ1v) is 13.2. The molecule has 1 fully saturated rings. The quantitative estimate of drug-likeness (QED) is 0.261. The van der Waals surface area contributed by atoms with E-state index in [2.05, 4.69) is 19.9 Å². The van der Waals surface area contributed by atoms with Gasteiger partial charge in [0.1, 0.15) is 17.1 Å². The van der Waals surface area contributed by atoms with Gasteiger partial charge in [-0.2, -0.15) is 5.10 Å². The van der Waals surface area contributed by atoms with Gasteiger partial charge in [-0.3, -0.25) is 9.58 Å². The van der Waals surface area contributed by atoms with E-state index in [0.29, 0.717) is 16.5 Å². The van der Waals surface area contributed by atoms with Gasteiger partial charge in [-0.05, 0) is 54.1 Å². The number of aromatic nitrogens is 3. The van der Waals surface area contributed by atoms with E-state index in [-0.39, 0.29) is 5.56 Å². The van der Waals surface area contributed by atoms with Crippen LogP contribution in [-0.2, 0) is 13.6 Å². The number of carboxylic acids is 1. The van der Waals surface area contributed by atoms with Crippen LogP contribution in [0.25, 0.3) is 22.0 Å². The van der Waals surface area contributed by atoms with Crippen LogP contribution in [0.1, 0.15) is 16.1 Å². The highest BCUT2D eigenvalue weighted by Crippen LogP contribution is 2.32. The Kier molecular flexibility index (Phi) is 6.72. The molecule has 0 unspecified atom stereocenters. The molecule has 6 rings (SSSR count). The Morgan fingerprint density at radius 3 is 2.59 bits per heavy atom. The van der Waals surface area contributed by atoms with Crippen LogP contribution in [0.5, 0.6) is 11.5 Å². The molecule has 3 aromatic carbocycles. The number of ether oxygens (including phenoxy) is 1. The molecule has 0 spiro atoms. The summed E-state index contributed by atoms with van der Waals surface area (Å²) >= 11 is 6.08. The van der Waals surface area contributed by atoms with Crippen molar-refractivity contribution in [2.45, 2.75) is 6.54 Å². The number of nitrogens with zero attached hydrogens (tertiary/aromatic N) is 4. The molecule has 2 N–H and O–H groups in total. The molecule has 0 radical (unpaired) electrons. The van der Waals surface area contributed by atoms with Crippen LogP contribution in [0, 0.1) is 0 Å². The van der Waals surface area contributed by atoms with Crippen LogP contribution >= 0.6 is 11.6 Å². The number of rotatable bonds is 7. The Labute approximate surface area is 231 Å². The summed E-state index contributed by atoms with van der Waals surface area (Å²) in [4.78, 5) is 19.8. The fourth-order valence-electron chi connectivity index (χ4n) is 5.09. The highest BCUT2D eigenvalue weighted by Gasteiger charge is 2.22. The number of carboxylic acid groups (broad SMARTS) is 1. The van der Waals surface area contributed by atoms with Crippen molar-refractivity contribution in [3.05, 3.63) is 95.4 Å². The van der Waals surface area contributed by atoms with E-state index in [4.69, 9.17) is 16.3 Å². The van der Waals surface area contributed by atoms with Gasteiger partial charge in [0.25, 0.3) is 0 Å². The van der Waals surface area contributed by atoms with Crippen molar-refractivity contribution >= 4 is 34.2 Å². The molecule has 39 heavy (non-hydrogen) atoms. The molecule has 0 aliphatic carbocycles. The molecule has 8 nitrogen and oxygen atoms in total. The summed E-state index contributed by atoms with van der Waals surface area (Å²) in [6.45, 7) is 4.15. The molecule has 5 aromatic rings. The predicted octanol–water partition coefficient (Wildman–Crippen LogP) is 6.03. The van der Waals surface area contributed by atoms with Gasteiger partial charge in [0.15, 0.2) is 0 Å². The Bertz CT molecular complexity index is 1630. The van der Waals surface area contributed by atoms with Crippen molar-refractivity contribution in [1.29, 1.82) is 0 Å². The summed E-state index contributed by atoms with van der Waals surface area (Å²) in [6.07, 6.45) is 3.78. The van der Waals surface area contributed by atoms with Gasteiger partial charge < -0.3 is 19.7 Å². The van der Waals surface area contributed by atoms with Gasteiger partial charge in [0.2, 0.25) is 0 Å². The first kappa shape index (κ1) is 25.0.